The van der Waals surface area contributed by atoms with Crippen LogP contribution >= 0.6 is 0 Å². The van der Waals surface area contributed by atoms with Crippen molar-refractivity contribution in [3.05, 3.63) is 48.0 Å². The monoisotopic (exact) mass is 416 g/mol. The van der Waals surface area contributed by atoms with Crippen molar-refractivity contribution in [1.29, 1.82) is 0 Å². The van der Waals surface area contributed by atoms with Crippen LogP contribution in [0.1, 0.15) is 39.7 Å². The number of carbonyl (C=O) groups is 1. The molecule has 3 rings (SSSR count). The van der Waals surface area contributed by atoms with Crippen LogP contribution in [-0.2, 0) is 21.2 Å². The van der Waals surface area contributed by atoms with Crippen molar-refractivity contribution in [3.8, 4) is 5.75 Å². The molecule has 1 aliphatic heterocycles. The van der Waals surface area contributed by atoms with Gasteiger partial charge in [-0.1, -0.05) is 26.8 Å². The summed E-state index contributed by atoms with van der Waals surface area (Å²) in [7, 11) is -3.75. The molecule has 156 valence electrons. The van der Waals surface area contributed by atoms with Crippen LogP contribution in [0.2, 0.25) is 0 Å². The number of hydrogen-bond acceptors (Lipinski definition) is 4. The van der Waals surface area contributed by atoms with Crippen LogP contribution < -0.4 is 14.4 Å². The molecule has 2 aromatic rings. The summed E-state index contributed by atoms with van der Waals surface area (Å²) in [5.41, 5.74) is 1.76. The van der Waals surface area contributed by atoms with E-state index in [4.69, 9.17) is 4.74 Å². The third-order valence-corrected chi connectivity index (χ3v) is 6.19. The first kappa shape index (κ1) is 21.2. The summed E-state index contributed by atoms with van der Waals surface area (Å²) < 4.78 is 33.6. The molecule has 0 radical (unpaired) electrons. The predicted molar refractivity (Wildman–Crippen MR) is 115 cm³/mol. The van der Waals surface area contributed by atoms with Gasteiger partial charge in [0, 0.05) is 17.6 Å². The summed E-state index contributed by atoms with van der Waals surface area (Å²) in [6.07, 6.45) is 1.77. The van der Waals surface area contributed by atoms with E-state index in [0.717, 1.165) is 24.1 Å². The highest BCUT2D eigenvalue weighted by Gasteiger charge is 2.31. The van der Waals surface area contributed by atoms with Crippen LogP contribution in [0.15, 0.2) is 47.4 Å². The second-order valence-corrected chi connectivity index (χ2v) is 9.85. The Kier molecular flexibility index (Phi) is 5.89. The molecule has 0 aliphatic carbocycles. The number of rotatable bonds is 5. The lowest BCUT2D eigenvalue weighted by Gasteiger charge is -2.34. The van der Waals surface area contributed by atoms with E-state index in [-0.39, 0.29) is 10.8 Å². The maximum Gasteiger partial charge on any atom is 0.261 e. The zero-order valence-electron chi connectivity index (χ0n) is 17.4. The van der Waals surface area contributed by atoms with E-state index in [9.17, 15) is 13.2 Å². The standard InChI is InChI=1S/C22H28N2O4S/c1-5-28-18-10-12-19(13-11-18)29(26,27)23-17-9-8-16-7-6-14-24(20(16)15-17)21(25)22(2,3)4/h8-13,15,23H,5-7,14H2,1-4H3. The van der Waals surface area contributed by atoms with Crippen LogP contribution in [0.3, 0.4) is 0 Å². The first-order chi connectivity index (χ1) is 13.6. The van der Waals surface area contributed by atoms with Gasteiger partial charge in [0.1, 0.15) is 5.75 Å². The Hall–Kier alpha value is -2.54. The maximum absolute atomic E-state index is 12.9. The molecule has 0 saturated heterocycles. The van der Waals surface area contributed by atoms with Gasteiger partial charge in [0.15, 0.2) is 0 Å². The molecule has 1 aliphatic rings. The van der Waals surface area contributed by atoms with Gasteiger partial charge in [-0.3, -0.25) is 9.52 Å². The molecule has 0 unspecified atom stereocenters. The lowest BCUT2D eigenvalue weighted by Crippen LogP contribution is -2.42. The van der Waals surface area contributed by atoms with Crippen molar-refractivity contribution in [1.82, 2.24) is 0 Å². The fourth-order valence-corrected chi connectivity index (χ4v) is 4.40. The quantitative estimate of drug-likeness (QED) is 0.792. The van der Waals surface area contributed by atoms with E-state index in [1.54, 1.807) is 29.2 Å². The van der Waals surface area contributed by atoms with Crippen molar-refractivity contribution in [2.45, 2.75) is 45.4 Å². The SMILES string of the molecule is CCOc1ccc(S(=O)(=O)Nc2ccc3c(c2)N(C(=O)C(C)(C)C)CCC3)cc1. The first-order valence-electron chi connectivity index (χ1n) is 9.82. The second kappa shape index (κ2) is 8.06. The van der Waals surface area contributed by atoms with Crippen LogP contribution in [0.25, 0.3) is 0 Å². The van der Waals surface area contributed by atoms with Crippen molar-refractivity contribution in [3.63, 3.8) is 0 Å². The minimum atomic E-state index is -3.75. The van der Waals surface area contributed by atoms with E-state index < -0.39 is 15.4 Å². The number of fused-ring (bicyclic) bond motifs is 1. The number of aryl methyl sites for hydroxylation is 1. The molecule has 2 aromatic carbocycles. The zero-order chi connectivity index (χ0) is 21.2. The molecule has 29 heavy (non-hydrogen) atoms. The average Bonchev–Trinajstić information content (AvgIpc) is 2.66. The van der Waals surface area contributed by atoms with Crippen molar-refractivity contribution >= 4 is 27.3 Å². The van der Waals surface area contributed by atoms with E-state index in [0.29, 0.717) is 24.6 Å². The van der Waals surface area contributed by atoms with E-state index in [2.05, 4.69) is 4.72 Å². The Morgan fingerprint density at radius 2 is 1.83 bits per heavy atom. The number of amides is 1. The number of nitrogens with zero attached hydrogens (tertiary/aromatic N) is 1. The van der Waals surface area contributed by atoms with Gasteiger partial charge in [-0.15, -0.1) is 0 Å². The largest absolute Gasteiger partial charge is 0.494 e. The lowest BCUT2D eigenvalue weighted by atomic mass is 9.92. The normalized spacial score (nSPS) is 14.3. The molecule has 0 aromatic heterocycles. The number of hydrogen-bond donors (Lipinski definition) is 1. The predicted octanol–water partition coefficient (Wildman–Crippen LogP) is 4.21. The fraction of sp³-hybridized carbons (Fsp3) is 0.409. The van der Waals surface area contributed by atoms with Crippen LogP contribution in [-0.4, -0.2) is 27.5 Å². The summed E-state index contributed by atoms with van der Waals surface area (Å²) in [5.74, 6) is 0.654. The zero-order valence-corrected chi connectivity index (χ0v) is 18.2. The van der Waals surface area contributed by atoms with Crippen LogP contribution in [0, 0.1) is 5.41 Å². The molecule has 0 atom stereocenters. The van der Waals surface area contributed by atoms with Gasteiger partial charge in [0.2, 0.25) is 5.91 Å². The second-order valence-electron chi connectivity index (χ2n) is 8.16. The Bertz CT molecular complexity index is 992. The summed E-state index contributed by atoms with van der Waals surface area (Å²) in [6, 6.07) is 11.7. The molecule has 0 spiro atoms. The number of anilines is 2. The Morgan fingerprint density at radius 1 is 1.14 bits per heavy atom. The highest BCUT2D eigenvalue weighted by atomic mass is 32.2. The van der Waals surface area contributed by atoms with Gasteiger partial charge >= 0.3 is 0 Å². The first-order valence-corrected chi connectivity index (χ1v) is 11.3. The summed E-state index contributed by atoms with van der Waals surface area (Å²) in [6.45, 7) is 8.70. The molecule has 1 N–H and O–H groups in total. The highest BCUT2D eigenvalue weighted by Crippen LogP contribution is 2.33. The summed E-state index contributed by atoms with van der Waals surface area (Å²) >= 11 is 0. The number of nitrogens with one attached hydrogen (secondary N) is 1. The van der Waals surface area contributed by atoms with Crippen molar-refractivity contribution < 1.29 is 17.9 Å². The summed E-state index contributed by atoms with van der Waals surface area (Å²) in [5, 5.41) is 0. The van der Waals surface area contributed by atoms with Crippen LogP contribution in [0.4, 0.5) is 11.4 Å². The van der Waals surface area contributed by atoms with Gasteiger partial charge < -0.3 is 9.64 Å². The molecule has 1 heterocycles. The number of carbonyl (C=O) groups excluding carboxylic acids is 1. The molecular formula is C22H28N2O4S. The fourth-order valence-electron chi connectivity index (χ4n) is 3.35. The average molecular weight is 417 g/mol. The third kappa shape index (κ3) is 4.72. The molecule has 0 saturated carbocycles. The Labute approximate surface area is 172 Å². The lowest BCUT2D eigenvalue weighted by molar-refractivity contribution is -0.125. The Morgan fingerprint density at radius 3 is 2.45 bits per heavy atom. The van der Waals surface area contributed by atoms with E-state index in [1.807, 2.05) is 33.8 Å². The topological polar surface area (TPSA) is 75.7 Å². The Balaban J connectivity index is 1.88. The highest BCUT2D eigenvalue weighted by molar-refractivity contribution is 7.92. The third-order valence-electron chi connectivity index (χ3n) is 4.79. The minimum Gasteiger partial charge on any atom is -0.494 e. The van der Waals surface area contributed by atoms with E-state index >= 15 is 0 Å². The van der Waals surface area contributed by atoms with Gasteiger partial charge in [0.05, 0.1) is 17.2 Å². The molecule has 7 heteroatoms. The van der Waals surface area contributed by atoms with Gasteiger partial charge in [-0.05, 0) is 61.7 Å². The van der Waals surface area contributed by atoms with Crippen molar-refractivity contribution in [2.24, 2.45) is 5.41 Å². The van der Waals surface area contributed by atoms with Gasteiger partial charge in [-0.2, -0.15) is 0 Å². The van der Waals surface area contributed by atoms with Crippen molar-refractivity contribution in [2.75, 3.05) is 22.8 Å². The molecule has 0 bridgehead atoms. The molecular weight excluding hydrogens is 388 g/mol. The minimum absolute atomic E-state index is 0.0324. The smallest absolute Gasteiger partial charge is 0.261 e. The van der Waals surface area contributed by atoms with Gasteiger partial charge in [-0.25, -0.2) is 8.42 Å². The molecule has 6 nitrogen and oxygen atoms in total. The number of ether oxygens (including phenoxy) is 1. The number of sulfonamides is 1. The van der Waals surface area contributed by atoms with Gasteiger partial charge in [0.25, 0.3) is 10.0 Å². The molecule has 1 amide bonds. The van der Waals surface area contributed by atoms with E-state index in [1.165, 1.54) is 12.1 Å². The summed E-state index contributed by atoms with van der Waals surface area (Å²) in [4.78, 5) is 14.8. The molecule has 0 fully saturated rings. The maximum atomic E-state index is 12.9. The number of benzene rings is 2. The van der Waals surface area contributed by atoms with Crippen LogP contribution in [0.5, 0.6) is 5.75 Å².